The molecule has 7 nitrogen and oxygen atoms in total. The molecule has 38 heavy (non-hydrogen) atoms. The van der Waals surface area contributed by atoms with Gasteiger partial charge in [0, 0.05) is 23.5 Å². The van der Waals surface area contributed by atoms with Gasteiger partial charge in [-0.15, -0.1) is 0 Å². The molecule has 4 fully saturated rings. The molecule has 4 aliphatic rings. The number of ether oxygens (including phenoxy) is 1. The first-order valence-corrected chi connectivity index (χ1v) is 14.1. The lowest BCUT2D eigenvalue weighted by atomic mass is 9.55. The van der Waals surface area contributed by atoms with Gasteiger partial charge in [-0.2, -0.15) is 0 Å². The molecule has 0 aliphatic heterocycles. The lowest BCUT2D eigenvalue weighted by Gasteiger charge is -2.53. The Labute approximate surface area is 223 Å². The average molecular weight is 519 g/mol. The number of carbonyl (C=O) groups excluding carboxylic acids is 1. The number of rotatable bonds is 10. The Hall–Kier alpha value is -2.87. The number of carbonyl (C=O) groups is 1. The summed E-state index contributed by atoms with van der Waals surface area (Å²) in [5, 5.41) is 28.3. The fourth-order valence-corrected chi connectivity index (χ4v) is 7.47. The summed E-state index contributed by atoms with van der Waals surface area (Å²) in [6, 6.07) is 16.2. The molecule has 4 saturated carbocycles. The van der Waals surface area contributed by atoms with Crippen molar-refractivity contribution in [1.29, 1.82) is 0 Å². The predicted octanol–water partition coefficient (Wildman–Crippen LogP) is 4.58. The Morgan fingerprint density at radius 3 is 2.37 bits per heavy atom. The molecular weight excluding hydrogens is 480 g/mol. The summed E-state index contributed by atoms with van der Waals surface area (Å²) in [5.41, 5.74) is 2.52. The first-order chi connectivity index (χ1) is 18.6. The van der Waals surface area contributed by atoms with Gasteiger partial charge in [0.05, 0.1) is 25.0 Å². The summed E-state index contributed by atoms with van der Waals surface area (Å²) in [6.45, 7) is 0.112. The minimum absolute atomic E-state index is 0.0104. The van der Waals surface area contributed by atoms with Crippen LogP contribution < -0.4 is 10.6 Å². The minimum Gasteiger partial charge on any atom is -0.464 e. The highest BCUT2D eigenvalue weighted by Crippen LogP contribution is 2.54. The highest BCUT2D eigenvalue weighted by Gasteiger charge is 2.50. The van der Waals surface area contributed by atoms with Gasteiger partial charge in [0.1, 0.15) is 11.7 Å². The van der Waals surface area contributed by atoms with Gasteiger partial charge in [-0.05, 0) is 73.8 Å². The van der Waals surface area contributed by atoms with Crippen LogP contribution in [0.1, 0.15) is 49.3 Å². The molecular formula is C31H38N2O5. The molecule has 1 heterocycles. The SMILES string of the molecule is O=C(NC(CNC(CO)C(O)c1ccccc1)Cc1coc2ccccc12)OC1C2CC3CC(C2)CC1C3. The second-order valence-electron chi connectivity index (χ2n) is 11.7. The molecule has 1 amide bonds. The number of benzene rings is 2. The smallest absolute Gasteiger partial charge is 0.407 e. The van der Waals surface area contributed by atoms with E-state index in [9.17, 15) is 15.0 Å². The predicted molar refractivity (Wildman–Crippen MR) is 144 cm³/mol. The van der Waals surface area contributed by atoms with E-state index in [1.807, 2.05) is 54.6 Å². The van der Waals surface area contributed by atoms with Crippen LogP contribution in [-0.2, 0) is 11.2 Å². The van der Waals surface area contributed by atoms with Gasteiger partial charge in [0.25, 0.3) is 0 Å². The third-order valence-electron chi connectivity index (χ3n) is 9.08. The van der Waals surface area contributed by atoms with Crippen LogP contribution in [0.15, 0.2) is 65.3 Å². The Balaban J connectivity index is 1.14. The lowest BCUT2D eigenvalue weighted by Crippen LogP contribution is -2.53. The van der Waals surface area contributed by atoms with Gasteiger partial charge in [-0.25, -0.2) is 4.79 Å². The summed E-state index contributed by atoms with van der Waals surface area (Å²) in [5.74, 6) is 2.62. The summed E-state index contributed by atoms with van der Waals surface area (Å²) in [4.78, 5) is 13.2. The van der Waals surface area contributed by atoms with Crippen molar-refractivity contribution in [3.8, 4) is 0 Å². The van der Waals surface area contributed by atoms with Gasteiger partial charge in [0.2, 0.25) is 0 Å². The largest absolute Gasteiger partial charge is 0.464 e. The van der Waals surface area contributed by atoms with Crippen molar-refractivity contribution in [2.24, 2.45) is 23.7 Å². The molecule has 4 N–H and O–H groups in total. The number of aliphatic hydroxyl groups is 2. The highest BCUT2D eigenvalue weighted by molar-refractivity contribution is 5.81. The van der Waals surface area contributed by atoms with E-state index >= 15 is 0 Å². The zero-order valence-electron chi connectivity index (χ0n) is 21.7. The Bertz CT molecular complexity index is 1200. The number of aliphatic hydroxyl groups excluding tert-OH is 2. The van der Waals surface area contributed by atoms with Crippen LogP contribution in [0.2, 0.25) is 0 Å². The second-order valence-corrected chi connectivity index (χ2v) is 11.7. The van der Waals surface area contributed by atoms with E-state index in [-0.39, 0.29) is 24.8 Å². The second kappa shape index (κ2) is 11.1. The maximum Gasteiger partial charge on any atom is 0.407 e. The molecule has 0 radical (unpaired) electrons. The van der Waals surface area contributed by atoms with Gasteiger partial charge >= 0.3 is 6.09 Å². The summed E-state index contributed by atoms with van der Waals surface area (Å²) in [6.07, 6.45) is 7.13. The fourth-order valence-electron chi connectivity index (χ4n) is 7.47. The highest BCUT2D eigenvalue weighted by atomic mass is 16.6. The van der Waals surface area contributed by atoms with E-state index in [4.69, 9.17) is 9.15 Å². The molecule has 202 valence electrons. The van der Waals surface area contributed by atoms with E-state index in [0.717, 1.165) is 33.9 Å². The van der Waals surface area contributed by atoms with Crippen LogP contribution in [-0.4, -0.2) is 47.6 Å². The summed E-state index contributed by atoms with van der Waals surface area (Å²) < 4.78 is 11.9. The molecule has 7 rings (SSSR count). The fraction of sp³-hybridized carbons (Fsp3) is 0.516. The van der Waals surface area contributed by atoms with Gasteiger partial charge < -0.3 is 30.0 Å². The molecule has 2 aromatic carbocycles. The number of furan rings is 1. The summed E-state index contributed by atoms with van der Waals surface area (Å²) in [7, 11) is 0. The normalized spacial score (nSPS) is 28.2. The van der Waals surface area contributed by atoms with Crippen LogP contribution >= 0.6 is 0 Å². The molecule has 3 unspecified atom stereocenters. The topological polar surface area (TPSA) is 104 Å². The van der Waals surface area contributed by atoms with Crippen LogP contribution in [0.5, 0.6) is 0 Å². The molecule has 1 aromatic heterocycles. The zero-order valence-corrected chi connectivity index (χ0v) is 21.7. The maximum absolute atomic E-state index is 13.2. The molecule has 0 saturated heterocycles. The van der Waals surface area contributed by atoms with Crippen LogP contribution in [0.25, 0.3) is 11.0 Å². The Morgan fingerprint density at radius 2 is 1.66 bits per heavy atom. The summed E-state index contributed by atoms with van der Waals surface area (Å²) >= 11 is 0. The van der Waals surface area contributed by atoms with Crippen molar-refractivity contribution in [2.45, 2.75) is 62.8 Å². The van der Waals surface area contributed by atoms with Crippen LogP contribution in [0, 0.1) is 23.7 Å². The molecule has 7 heteroatoms. The first kappa shape index (κ1) is 25.4. The first-order valence-electron chi connectivity index (χ1n) is 14.1. The minimum atomic E-state index is -0.878. The molecule has 3 aromatic rings. The van der Waals surface area contributed by atoms with E-state index in [1.54, 1.807) is 6.26 Å². The molecule has 0 spiro atoms. The van der Waals surface area contributed by atoms with Crippen molar-refractivity contribution in [3.05, 3.63) is 72.0 Å². The number of fused-ring (bicyclic) bond motifs is 1. The lowest BCUT2D eigenvalue weighted by molar-refractivity contribution is -0.0964. The number of hydrogen-bond acceptors (Lipinski definition) is 6. The quantitative estimate of drug-likeness (QED) is 0.313. The maximum atomic E-state index is 13.2. The standard InChI is InChI=1S/C31H38N2O5/c34-17-27(29(35)21-6-2-1-3-7-21)32-16-25(15-24-18-37-28-9-5-4-8-26(24)28)33-31(36)38-30-22-11-19-10-20(13-22)14-23(30)12-19/h1-9,18-20,22-23,25,27,29-30,32,34-35H,10-17H2,(H,33,36). The molecule has 4 aliphatic carbocycles. The van der Waals surface area contributed by atoms with E-state index in [0.29, 0.717) is 24.8 Å². The number of para-hydroxylation sites is 1. The number of amides is 1. The van der Waals surface area contributed by atoms with E-state index < -0.39 is 12.1 Å². The number of hydrogen-bond donors (Lipinski definition) is 4. The van der Waals surface area contributed by atoms with Crippen molar-refractivity contribution >= 4 is 17.1 Å². The third kappa shape index (κ3) is 5.33. The van der Waals surface area contributed by atoms with E-state index in [2.05, 4.69) is 10.6 Å². The van der Waals surface area contributed by atoms with Gasteiger partial charge in [0.15, 0.2) is 0 Å². The van der Waals surface area contributed by atoms with Crippen molar-refractivity contribution in [1.82, 2.24) is 10.6 Å². The third-order valence-corrected chi connectivity index (χ3v) is 9.08. The molecule has 4 bridgehead atoms. The van der Waals surface area contributed by atoms with Crippen molar-refractivity contribution in [2.75, 3.05) is 13.2 Å². The average Bonchev–Trinajstić information content (AvgIpc) is 3.33. The number of nitrogens with one attached hydrogen (secondary N) is 2. The van der Waals surface area contributed by atoms with Crippen molar-refractivity contribution < 1.29 is 24.2 Å². The Morgan fingerprint density at radius 1 is 0.974 bits per heavy atom. The molecule has 3 atom stereocenters. The Kier molecular flexibility index (Phi) is 7.41. The monoisotopic (exact) mass is 518 g/mol. The number of alkyl carbamates (subject to hydrolysis) is 1. The van der Waals surface area contributed by atoms with Gasteiger partial charge in [-0.3, -0.25) is 0 Å². The van der Waals surface area contributed by atoms with Crippen molar-refractivity contribution in [3.63, 3.8) is 0 Å². The van der Waals surface area contributed by atoms with Crippen LogP contribution in [0.4, 0.5) is 4.79 Å². The van der Waals surface area contributed by atoms with Gasteiger partial charge in [-0.1, -0.05) is 48.5 Å². The zero-order chi connectivity index (χ0) is 26.1. The van der Waals surface area contributed by atoms with E-state index in [1.165, 1.54) is 32.1 Å². The van der Waals surface area contributed by atoms with Crippen LogP contribution in [0.3, 0.4) is 0 Å².